The Balaban J connectivity index is 2.68. The highest BCUT2D eigenvalue weighted by Gasteiger charge is 2.42. The first-order valence-corrected chi connectivity index (χ1v) is 15.0. The van der Waals surface area contributed by atoms with Gasteiger partial charge >= 0.3 is 12.0 Å². The Hall–Kier alpha value is -2.00. The van der Waals surface area contributed by atoms with Crippen LogP contribution in [0.1, 0.15) is 60.1 Å². The fraction of sp³-hybridized carbons (Fsp3) is 0.600. The van der Waals surface area contributed by atoms with Crippen LogP contribution in [0.5, 0.6) is 11.5 Å². The molecule has 1 aromatic carbocycles. The maximum Gasteiger partial charge on any atom is 0.338 e. The summed E-state index contributed by atoms with van der Waals surface area (Å²) in [7, 11) is 2.77. The number of rotatable bonds is 5. The molecule has 0 saturated heterocycles. The van der Waals surface area contributed by atoms with Crippen LogP contribution in [0, 0.1) is 0 Å². The summed E-state index contributed by atoms with van der Waals surface area (Å²) in [6.45, 7) is 18.1. The second-order valence-corrected chi connectivity index (χ2v) is 16.8. The first-order chi connectivity index (χ1) is 15.3. The van der Waals surface area contributed by atoms with Gasteiger partial charge in [0.25, 0.3) is 8.32 Å². The average molecular weight is 556 g/mol. The largest absolute Gasteiger partial charge is 0.540 e. The SMILES string of the molecule is COc1cc(C2C(C(=O)OC(C)(C)C)=C(C)N(C)C(=O)N2C)cc(Br)c1O[Si](C)(C)C(C)(C)C. The van der Waals surface area contributed by atoms with E-state index in [0.717, 1.165) is 5.56 Å². The van der Waals surface area contributed by atoms with Crippen molar-refractivity contribution in [3.63, 3.8) is 0 Å². The third-order valence-corrected chi connectivity index (χ3v) is 11.4. The van der Waals surface area contributed by atoms with Crippen LogP contribution in [0.25, 0.3) is 0 Å². The van der Waals surface area contributed by atoms with E-state index < -0.39 is 25.9 Å². The van der Waals surface area contributed by atoms with Crippen molar-refractivity contribution in [2.75, 3.05) is 21.2 Å². The summed E-state index contributed by atoms with van der Waals surface area (Å²) >= 11 is 3.66. The molecule has 9 heteroatoms. The highest BCUT2D eigenvalue weighted by molar-refractivity contribution is 9.10. The minimum absolute atomic E-state index is 0.000444. The van der Waals surface area contributed by atoms with Crippen LogP contribution in [-0.2, 0) is 9.53 Å². The summed E-state index contributed by atoms with van der Waals surface area (Å²) < 4.78 is 18.7. The summed E-state index contributed by atoms with van der Waals surface area (Å²) in [6, 6.07) is 2.87. The number of amides is 2. The molecule has 1 heterocycles. The minimum atomic E-state index is -2.15. The molecule has 0 aromatic heterocycles. The van der Waals surface area contributed by atoms with E-state index in [4.69, 9.17) is 13.9 Å². The topological polar surface area (TPSA) is 68.3 Å². The van der Waals surface area contributed by atoms with Crippen molar-refractivity contribution in [1.82, 2.24) is 9.80 Å². The van der Waals surface area contributed by atoms with Gasteiger partial charge in [-0.25, -0.2) is 9.59 Å². The summed E-state index contributed by atoms with van der Waals surface area (Å²) in [5, 5.41) is 0.000444. The molecule has 34 heavy (non-hydrogen) atoms. The number of methoxy groups -OCH3 is 1. The molecule has 0 bridgehead atoms. The number of esters is 1. The van der Waals surface area contributed by atoms with Crippen molar-refractivity contribution in [3.8, 4) is 11.5 Å². The quantitative estimate of drug-likeness (QED) is 0.307. The van der Waals surface area contributed by atoms with Gasteiger partial charge in [-0.15, -0.1) is 0 Å². The zero-order valence-corrected chi connectivity index (χ0v) is 25.1. The third-order valence-electron chi connectivity index (χ3n) is 6.49. The number of halogens is 1. The first kappa shape index (κ1) is 28.2. The Morgan fingerprint density at radius 3 is 2.12 bits per heavy atom. The Kier molecular flexibility index (Phi) is 7.94. The lowest BCUT2D eigenvalue weighted by Gasteiger charge is -2.40. The van der Waals surface area contributed by atoms with Gasteiger partial charge in [0, 0.05) is 19.8 Å². The van der Waals surface area contributed by atoms with Gasteiger partial charge < -0.3 is 23.7 Å². The molecule has 0 saturated carbocycles. The monoisotopic (exact) mass is 554 g/mol. The Labute approximate surface area is 213 Å². The number of carbonyl (C=O) groups is 2. The number of allylic oxidation sites excluding steroid dienone is 1. The number of nitrogens with zero attached hydrogens (tertiary/aromatic N) is 2. The molecule has 1 aliphatic rings. The van der Waals surface area contributed by atoms with Crippen LogP contribution in [0.3, 0.4) is 0 Å². The number of urea groups is 1. The highest BCUT2D eigenvalue weighted by atomic mass is 79.9. The van der Waals surface area contributed by atoms with E-state index in [1.807, 2.05) is 32.9 Å². The second-order valence-electron chi connectivity index (χ2n) is 11.3. The molecule has 7 nitrogen and oxygen atoms in total. The Bertz CT molecular complexity index is 1010. The minimum Gasteiger partial charge on any atom is -0.540 e. The van der Waals surface area contributed by atoms with E-state index in [0.29, 0.717) is 27.2 Å². The van der Waals surface area contributed by atoms with Crippen molar-refractivity contribution in [3.05, 3.63) is 33.4 Å². The molecule has 2 rings (SSSR count). The fourth-order valence-corrected chi connectivity index (χ4v) is 5.17. The number of carbonyl (C=O) groups excluding carboxylic acids is 2. The summed E-state index contributed by atoms with van der Waals surface area (Å²) in [6.07, 6.45) is 0. The number of hydrogen-bond donors (Lipinski definition) is 0. The van der Waals surface area contributed by atoms with Crippen molar-refractivity contribution < 1.29 is 23.5 Å². The van der Waals surface area contributed by atoms with Gasteiger partial charge in [-0.2, -0.15) is 0 Å². The normalized spacial score (nSPS) is 17.8. The second kappa shape index (κ2) is 9.57. The Morgan fingerprint density at radius 1 is 1.09 bits per heavy atom. The maximum absolute atomic E-state index is 13.3. The average Bonchev–Trinajstić information content (AvgIpc) is 2.67. The van der Waals surface area contributed by atoms with Gasteiger partial charge in [-0.3, -0.25) is 0 Å². The molecule has 0 fully saturated rings. The lowest BCUT2D eigenvalue weighted by molar-refractivity contribution is -0.151. The lowest BCUT2D eigenvalue weighted by atomic mass is 9.93. The molecule has 1 unspecified atom stereocenters. The highest BCUT2D eigenvalue weighted by Crippen LogP contribution is 2.46. The van der Waals surface area contributed by atoms with Gasteiger partial charge in [-0.1, -0.05) is 20.8 Å². The molecular weight excluding hydrogens is 516 g/mol. The van der Waals surface area contributed by atoms with E-state index in [2.05, 4.69) is 49.8 Å². The molecule has 1 atom stereocenters. The number of hydrogen-bond acceptors (Lipinski definition) is 5. The van der Waals surface area contributed by atoms with Gasteiger partial charge in [0.15, 0.2) is 11.5 Å². The molecule has 0 spiro atoms. The van der Waals surface area contributed by atoms with Crippen LogP contribution in [-0.4, -0.2) is 56.9 Å². The summed E-state index contributed by atoms with van der Waals surface area (Å²) in [5.41, 5.74) is 1.01. The van der Waals surface area contributed by atoms with Crippen molar-refractivity contribution in [1.29, 1.82) is 0 Å². The smallest absolute Gasteiger partial charge is 0.338 e. The van der Waals surface area contributed by atoms with Crippen LogP contribution in [0.4, 0.5) is 4.79 Å². The molecule has 0 radical (unpaired) electrons. The van der Waals surface area contributed by atoms with Gasteiger partial charge in [-0.05, 0) is 79.5 Å². The van der Waals surface area contributed by atoms with Crippen LogP contribution in [0.2, 0.25) is 18.1 Å². The van der Waals surface area contributed by atoms with Gasteiger partial charge in [0.2, 0.25) is 0 Å². The predicted octanol–water partition coefficient (Wildman–Crippen LogP) is 6.50. The molecule has 1 aromatic rings. The lowest BCUT2D eigenvalue weighted by Crippen LogP contribution is -2.47. The maximum atomic E-state index is 13.3. The van der Waals surface area contributed by atoms with Crippen molar-refractivity contribution in [2.24, 2.45) is 0 Å². The fourth-order valence-electron chi connectivity index (χ4n) is 3.45. The van der Waals surface area contributed by atoms with Crippen molar-refractivity contribution >= 4 is 36.2 Å². The first-order valence-electron chi connectivity index (χ1n) is 11.3. The molecule has 0 N–H and O–H groups in total. The zero-order valence-electron chi connectivity index (χ0n) is 22.5. The Morgan fingerprint density at radius 2 is 1.65 bits per heavy atom. The zero-order chi connectivity index (χ0) is 26.4. The van der Waals surface area contributed by atoms with Crippen molar-refractivity contribution in [2.45, 2.75) is 78.2 Å². The molecular formula is C25H39BrN2O5Si. The molecule has 190 valence electrons. The predicted molar refractivity (Wildman–Crippen MR) is 141 cm³/mol. The third kappa shape index (κ3) is 5.62. The van der Waals surface area contributed by atoms with E-state index in [1.54, 1.807) is 33.0 Å². The van der Waals surface area contributed by atoms with E-state index in [9.17, 15) is 9.59 Å². The van der Waals surface area contributed by atoms with Crippen LogP contribution < -0.4 is 9.16 Å². The van der Waals surface area contributed by atoms with E-state index in [1.165, 1.54) is 4.90 Å². The molecule has 1 aliphatic heterocycles. The van der Waals surface area contributed by atoms with E-state index in [-0.39, 0.29) is 11.1 Å². The number of likely N-dealkylation sites (N-methyl/N-ethyl adjacent to an activating group) is 1. The van der Waals surface area contributed by atoms with E-state index >= 15 is 0 Å². The molecule has 0 aliphatic carbocycles. The van der Waals surface area contributed by atoms with Crippen LogP contribution in [0.15, 0.2) is 27.9 Å². The van der Waals surface area contributed by atoms with Crippen LogP contribution >= 0.6 is 15.9 Å². The standard InChI is InChI=1S/C25H39BrN2O5Si/c1-15-19(22(29)32-24(2,3)4)20(28(9)23(30)27(15)8)16-13-17(26)21(18(14-16)31-10)33-34(11,12)25(5,6)7/h13-14,20H,1-12H3. The summed E-state index contributed by atoms with van der Waals surface area (Å²) in [4.78, 5) is 29.3. The van der Waals surface area contributed by atoms with Gasteiger partial charge in [0.1, 0.15) is 5.60 Å². The number of benzene rings is 1. The number of ether oxygens (including phenoxy) is 2. The molecule has 2 amide bonds. The van der Waals surface area contributed by atoms with Gasteiger partial charge in [0.05, 0.1) is 23.2 Å². The summed E-state index contributed by atoms with van der Waals surface area (Å²) in [5.74, 6) is 0.701.